The van der Waals surface area contributed by atoms with E-state index in [9.17, 15) is 0 Å². The predicted octanol–water partition coefficient (Wildman–Crippen LogP) is 3.60. The van der Waals surface area contributed by atoms with Crippen molar-refractivity contribution in [2.75, 3.05) is 11.4 Å². The number of hydrogen-bond donors (Lipinski definition) is 1. The smallest absolute Gasteiger partial charge is 0.0696 e. The van der Waals surface area contributed by atoms with Crippen LogP contribution in [0.1, 0.15) is 38.2 Å². The minimum absolute atomic E-state index is 0.00860. The third-order valence-electron chi connectivity index (χ3n) is 3.64. The zero-order valence-electron chi connectivity index (χ0n) is 10.3. The fourth-order valence-electron chi connectivity index (χ4n) is 2.71. The molecule has 0 atom stereocenters. The number of hydrogen-bond acceptors (Lipinski definition) is 2. The molecule has 94 valence electrons. The molecule has 0 saturated heterocycles. The van der Waals surface area contributed by atoms with Crippen molar-refractivity contribution in [1.29, 1.82) is 0 Å². The molecule has 17 heavy (non-hydrogen) atoms. The maximum atomic E-state index is 9.12. The van der Waals surface area contributed by atoms with E-state index in [-0.39, 0.29) is 6.61 Å². The molecule has 0 amide bonds. The molecule has 0 aliphatic heterocycles. The highest BCUT2D eigenvalue weighted by Crippen LogP contribution is 2.30. The van der Waals surface area contributed by atoms with Crippen molar-refractivity contribution in [3.05, 3.63) is 28.8 Å². The first-order valence-corrected chi connectivity index (χ1v) is 6.80. The summed E-state index contributed by atoms with van der Waals surface area (Å²) < 4.78 is 0. The van der Waals surface area contributed by atoms with Gasteiger partial charge in [0.15, 0.2) is 0 Å². The Balaban J connectivity index is 2.21. The molecule has 1 aromatic rings. The molecule has 1 aliphatic rings. The molecule has 2 rings (SSSR count). The number of aliphatic hydroxyl groups excluding tert-OH is 1. The first-order valence-electron chi connectivity index (χ1n) is 6.42. The van der Waals surface area contributed by atoms with Gasteiger partial charge in [-0.25, -0.2) is 0 Å². The van der Waals surface area contributed by atoms with E-state index in [0.717, 1.165) is 12.1 Å². The number of aliphatic hydroxyl groups is 1. The van der Waals surface area contributed by atoms with Crippen LogP contribution in [0.25, 0.3) is 0 Å². The molecule has 2 nitrogen and oxygen atoms in total. The molecule has 1 aromatic carbocycles. The van der Waals surface area contributed by atoms with Crippen LogP contribution in [0.5, 0.6) is 0 Å². The lowest BCUT2D eigenvalue weighted by atomic mass is 10.1. The molecule has 1 fully saturated rings. The molecule has 0 radical (unpaired) electrons. The monoisotopic (exact) mass is 253 g/mol. The molecule has 1 aliphatic carbocycles. The third-order valence-corrected chi connectivity index (χ3v) is 4.00. The summed E-state index contributed by atoms with van der Waals surface area (Å²) in [5.41, 5.74) is 1.99. The van der Waals surface area contributed by atoms with Crippen molar-refractivity contribution < 1.29 is 5.11 Å². The third kappa shape index (κ3) is 2.75. The van der Waals surface area contributed by atoms with Gasteiger partial charge in [0.25, 0.3) is 0 Å². The van der Waals surface area contributed by atoms with Crippen molar-refractivity contribution >= 4 is 17.3 Å². The van der Waals surface area contributed by atoms with Crippen LogP contribution in [0.15, 0.2) is 18.2 Å². The van der Waals surface area contributed by atoms with Gasteiger partial charge in [0.1, 0.15) is 0 Å². The van der Waals surface area contributed by atoms with Gasteiger partial charge in [-0.05, 0) is 37.5 Å². The fourth-order valence-corrected chi connectivity index (χ4v) is 2.95. The summed E-state index contributed by atoms with van der Waals surface area (Å²) in [6.45, 7) is 3.21. The normalized spacial score (nSPS) is 16.4. The quantitative estimate of drug-likeness (QED) is 0.886. The highest BCUT2D eigenvalue weighted by molar-refractivity contribution is 6.31. The van der Waals surface area contributed by atoms with Gasteiger partial charge in [-0.2, -0.15) is 0 Å². The minimum Gasteiger partial charge on any atom is -0.392 e. The Morgan fingerprint density at radius 3 is 2.59 bits per heavy atom. The summed E-state index contributed by atoms with van der Waals surface area (Å²) in [5.74, 6) is 0. The van der Waals surface area contributed by atoms with E-state index in [1.807, 2.05) is 12.1 Å². The molecule has 3 heteroatoms. The first-order chi connectivity index (χ1) is 8.26. The van der Waals surface area contributed by atoms with Crippen molar-refractivity contribution in [3.63, 3.8) is 0 Å². The SMILES string of the molecule is CCN(c1ccc(CO)c(Cl)c1)C1CCCC1. The van der Waals surface area contributed by atoms with Crippen LogP contribution in [-0.2, 0) is 6.61 Å². The van der Waals surface area contributed by atoms with Crippen molar-refractivity contribution in [3.8, 4) is 0 Å². The molecule has 0 bridgehead atoms. The Bertz CT molecular complexity index is 374. The second-order valence-corrected chi connectivity index (χ2v) is 5.07. The Morgan fingerprint density at radius 1 is 1.35 bits per heavy atom. The van der Waals surface area contributed by atoms with Crippen molar-refractivity contribution in [2.45, 2.75) is 45.3 Å². The maximum absolute atomic E-state index is 9.12. The van der Waals surface area contributed by atoms with E-state index in [4.69, 9.17) is 16.7 Å². The summed E-state index contributed by atoms with van der Waals surface area (Å²) in [6, 6.07) is 6.64. The second-order valence-electron chi connectivity index (χ2n) is 4.66. The van der Waals surface area contributed by atoms with Gasteiger partial charge in [0.2, 0.25) is 0 Å². The van der Waals surface area contributed by atoms with Crippen LogP contribution < -0.4 is 4.90 Å². The second kappa shape index (κ2) is 5.74. The molecule has 0 heterocycles. The van der Waals surface area contributed by atoms with Gasteiger partial charge in [-0.15, -0.1) is 0 Å². The molecule has 1 N–H and O–H groups in total. The Kier molecular flexibility index (Phi) is 4.30. The van der Waals surface area contributed by atoms with Crippen molar-refractivity contribution in [1.82, 2.24) is 0 Å². The lowest BCUT2D eigenvalue weighted by Crippen LogP contribution is -2.32. The van der Waals surface area contributed by atoms with Gasteiger partial charge >= 0.3 is 0 Å². The number of benzene rings is 1. The topological polar surface area (TPSA) is 23.5 Å². The Hall–Kier alpha value is -0.730. The summed E-state index contributed by atoms with van der Waals surface area (Å²) in [6.07, 6.45) is 5.24. The highest BCUT2D eigenvalue weighted by Gasteiger charge is 2.21. The molecule has 0 unspecified atom stereocenters. The van der Waals surface area contributed by atoms with Crippen molar-refractivity contribution in [2.24, 2.45) is 0 Å². The van der Waals surface area contributed by atoms with Crippen LogP contribution in [0.4, 0.5) is 5.69 Å². The molecular formula is C14H20ClNO. The van der Waals surface area contributed by atoms with Crippen LogP contribution in [-0.4, -0.2) is 17.7 Å². The zero-order valence-corrected chi connectivity index (χ0v) is 11.1. The molecular weight excluding hydrogens is 234 g/mol. The maximum Gasteiger partial charge on any atom is 0.0696 e. The number of anilines is 1. The van der Waals surface area contributed by atoms with E-state index in [1.54, 1.807) is 0 Å². The molecule has 0 aromatic heterocycles. The lowest BCUT2D eigenvalue weighted by molar-refractivity contribution is 0.282. The summed E-state index contributed by atoms with van der Waals surface area (Å²) in [7, 11) is 0. The highest BCUT2D eigenvalue weighted by atomic mass is 35.5. The largest absolute Gasteiger partial charge is 0.392 e. The number of rotatable bonds is 4. The Morgan fingerprint density at radius 2 is 2.06 bits per heavy atom. The molecule has 1 saturated carbocycles. The van der Waals surface area contributed by atoms with Gasteiger partial charge < -0.3 is 10.0 Å². The van der Waals surface area contributed by atoms with Gasteiger partial charge in [0.05, 0.1) is 6.61 Å². The van der Waals surface area contributed by atoms with E-state index >= 15 is 0 Å². The van der Waals surface area contributed by atoms with E-state index < -0.39 is 0 Å². The molecule has 0 spiro atoms. The van der Waals surface area contributed by atoms with Crippen LogP contribution in [0.2, 0.25) is 5.02 Å². The van der Waals surface area contributed by atoms with Gasteiger partial charge in [-0.3, -0.25) is 0 Å². The minimum atomic E-state index is 0.00860. The van der Waals surface area contributed by atoms with E-state index in [0.29, 0.717) is 11.1 Å². The Labute approximate surface area is 108 Å². The standard InChI is InChI=1S/C14H20ClNO/c1-2-16(12-5-3-4-6-12)13-8-7-11(10-17)14(15)9-13/h7-9,12,17H,2-6,10H2,1H3. The average Bonchev–Trinajstić information content (AvgIpc) is 2.84. The number of nitrogens with zero attached hydrogens (tertiary/aromatic N) is 1. The average molecular weight is 254 g/mol. The predicted molar refractivity (Wildman–Crippen MR) is 72.7 cm³/mol. The van der Waals surface area contributed by atoms with Gasteiger partial charge in [-0.1, -0.05) is 30.5 Å². The van der Waals surface area contributed by atoms with Gasteiger partial charge in [0, 0.05) is 23.3 Å². The van der Waals surface area contributed by atoms with Crippen LogP contribution in [0, 0.1) is 0 Å². The van der Waals surface area contributed by atoms with Crippen LogP contribution in [0.3, 0.4) is 0 Å². The summed E-state index contributed by atoms with van der Waals surface area (Å²) in [4.78, 5) is 2.43. The first kappa shape index (κ1) is 12.7. The van der Waals surface area contributed by atoms with E-state index in [1.165, 1.54) is 31.4 Å². The number of halogens is 1. The van der Waals surface area contributed by atoms with E-state index in [2.05, 4.69) is 17.9 Å². The zero-order chi connectivity index (χ0) is 12.3. The summed E-state index contributed by atoms with van der Waals surface area (Å²) in [5, 5.41) is 9.79. The van der Waals surface area contributed by atoms with Crippen LogP contribution >= 0.6 is 11.6 Å². The lowest BCUT2D eigenvalue weighted by Gasteiger charge is -2.30. The fraction of sp³-hybridized carbons (Fsp3) is 0.571. The summed E-state index contributed by atoms with van der Waals surface area (Å²) >= 11 is 6.15.